The van der Waals surface area contributed by atoms with Gasteiger partial charge in [0.05, 0.1) is 30.8 Å². The summed E-state index contributed by atoms with van der Waals surface area (Å²) in [4.78, 5) is 18.7. The van der Waals surface area contributed by atoms with Crippen LogP contribution in [0.15, 0.2) is 60.8 Å². The van der Waals surface area contributed by atoms with Gasteiger partial charge in [-0.15, -0.1) is 0 Å². The van der Waals surface area contributed by atoms with E-state index in [9.17, 15) is 4.79 Å². The van der Waals surface area contributed by atoms with E-state index in [1.165, 1.54) is 0 Å². The zero-order chi connectivity index (χ0) is 22.6. The predicted octanol–water partition coefficient (Wildman–Crippen LogP) is 5.13. The van der Waals surface area contributed by atoms with Crippen LogP contribution in [0.5, 0.6) is 11.5 Å². The number of ether oxygens (including phenoxy) is 3. The van der Waals surface area contributed by atoms with Crippen molar-refractivity contribution in [3.63, 3.8) is 0 Å². The summed E-state index contributed by atoms with van der Waals surface area (Å²) in [5.41, 5.74) is 1.59. The standard InChI is InChI=1S/C26H30N2O4/c1-26(2,3)32-25(29)12-13-28-14-15-30-24(18-28)19-8-10-21(11-9-19)31-22-16-20-6-4-5-7-23(20)27-17-22/h4-11,16-17,24H,12-15,18H2,1-3H3. The van der Waals surface area contributed by atoms with Gasteiger partial charge >= 0.3 is 5.97 Å². The van der Waals surface area contributed by atoms with Gasteiger partial charge in [0, 0.05) is 25.0 Å². The summed E-state index contributed by atoms with van der Waals surface area (Å²) in [5, 5.41) is 1.05. The number of aromatic nitrogens is 1. The molecule has 1 aliphatic heterocycles. The molecule has 0 spiro atoms. The van der Waals surface area contributed by atoms with Crippen LogP contribution in [-0.4, -0.2) is 47.7 Å². The van der Waals surface area contributed by atoms with E-state index in [-0.39, 0.29) is 12.1 Å². The van der Waals surface area contributed by atoms with E-state index < -0.39 is 5.60 Å². The number of benzene rings is 2. The Morgan fingerprint density at radius 3 is 2.69 bits per heavy atom. The minimum atomic E-state index is -0.447. The van der Waals surface area contributed by atoms with Gasteiger partial charge in [-0.2, -0.15) is 0 Å². The number of carbonyl (C=O) groups is 1. The maximum atomic E-state index is 12.0. The van der Waals surface area contributed by atoms with Gasteiger partial charge in [-0.25, -0.2) is 0 Å². The lowest BCUT2D eigenvalue weighted by molar-refractivity contribution is -0.155. The molecule has 2 heterocycles. The Labute approximate surface area is 189 Å². The molecule has 6 heteroatoms. The number of fused-ring (bicyclic) bond motifs is 1. The second kappa shape index (κ2) is 9.67. The molecule has 1 atom stereocenters. The largest absolute Gasteiger partial charge is 0.460 e. The fourth-order valence-electron chi connectivity index (χ4n) is 3.74. The molecule has 6 nitrogen and oxygen atoms in total. The second-order valence-corrected chi connectivity index (χ2v) is 9.03. The summed E-state index contributed by atoms with van der Waals surface area (Å²) < 4.78 is 17.4. The first-order chi connectivity index (χ1) is 15.4. The van der Waals surface area contributed by atoms with Crippen LogP contribution in [-0.2, 0) is 14.3 Å². The van der Waals surface area contributed by atoms with E-state index in [1.54, 1.807) is 6.20 Å². The summed E-state index contributed by atoms with van der Waals surface area (Å²) in [6.07, 6.45) is 2.10. The molecule has 1 unspecified atom stereocenters. The molecule has 1 fully saturated rings. The highest BCUT2D eigenvalue weighted by atomic mass is 16.6. The number of hydrogen-bond donors (Lipinski definition) is 0. The Hall–Kier alpha value is -2.96. The molecule has 0 N–H and O–H groups in total. The van der Waals surface area contributed by atoms with Crippen LogP contribution in [0.2, 0.25) is 0 Å². The first-order valence-electron chi connectivity index (χ1n) is 11.0. The van der Waals surface area contributed by atoms with Crippen LogP contribution in [0.4, 0.5) is 0 Å². The summed E-state index contributed by atoms with van der Waals surface area (Å²) in [5.74, 6) is 1.30. The van der Waals surface area contributed by atoms with Gasteiger partial charge in [0.15, 0.2) is 0 Å². The van der Waals surface area contributed by atoms with Crippen molar-refractivity contribution in [2.24, 2.45) is 0 Å². The lowest BCUT2D eigenvalue weighted by Gasteiger charge is -2.33. The van der Waals surface area contributed by atoms with Gasteiger partial charge in [0.25, 0.3) is 0 Å². The quantitative estimate of drug-likeness (QED) is 0.501. The summed E-state index contributed by atoms with van der Waals surface area (Å²) in [6.45, 7) is 8.54. The maximum absolute atomic E-state index is 12.0. The molecule has 3 aromatic rings. The summed E-state index contributed by atoms with van der Waals surface area (Å²) in [7, 11) is 0. The Morgan fingerprint density at radius 2 is 1.91 bits per heavy atom. The molecule has 0 radical (unpaired) electrons. The zero-order valence-corrected chi connectivity index (χ0v) is 18.9. The normalized spacial score (nSPS) is 17.3. The van der Waals surface area contributed by atoms with Crippen LogP contribution in [0.25, 0.3) is 10.9 Å². The van der Waals surface area contributed by atoms with Gasteiger partial charge < -0.3 is 14.2 Å². The summed E-state index contributed by atoms with van der Waals surface area (Å²) in [6, 6.07) is 17.9. The Kier molecular flexibility index (Phi) is 6.72. The van der Waals surface area contributed by atoms with E-state index in [0.717, 1.165) is 35.3 Å². The third-order valence-corrected chi connectivity index (χ3v) is 5.26. The average molecular weight is 435 g/mol. The van der Waals surface area contributed by atoms with E-state index in [0.29, 0.717) is 25.3 Å². The fraction of sp³-hybridized carbons (Fsp3) is 0.385. The molecule has 1 aliphatic rings. The Morgan fingerprint density at radius 1 is 1.12 bits per heavy atom. The van der Waals surface area contributed by atoms with Gasteiger partial charge in [0.1, 0.15) is 17.1 Å². The second-order valence-electron chi connectivity index (χ2n) is 9.03. The number of morpholine rings is 1. The van der Waals surface area contributed by atoms with Crippen molar-refractivity contribution in [1.82, 2.24) is 9.88 Å². The van der Waals surface area contributed by atoms with E-state index >= 15 is 0 Å². The van der Waals surface area contributed by atoms with Crippen molar-refractivity contribution in [1.29, 1.82) is 0 Å². The number of hydrogen-bond acceptors (Lipinski definition) is 6. The zero-order valence-electron chi connectivity index (χ0n) is 18.9. The lowest BCUT2D eigenvalue weighted by Crippen LogP contribution is -2.39. The molecular weight excluding hydrogens is 404 g/mol. The van der Waals surface area contributed by atoms with Crippen LogP contribution in [0.1, 0.15) is 38.9 Å². The predicted molar refractivity (Wildman–Crippen MR) is 124 cm³/mol. The molecule has 32 heavy (non-hydrogen) atoms. The SMILES string of the molecule is CC(C)(C)OC(=O)CCN1CCOC(c2ccc(Oc3cnc4ccccc4c3)cc2)C1. The Balaban J connectivity index is 1.33. The van der Waals surface area contributed by atoms with Crippen molar-refractivity contribution < 1.29 is 19.0 Å². The average Bonchev–Trinajstić information content (AvgIpc) is 2.77. The molecule has 0 bridgehead atoms. The first kappa shape index (κ1) is 22.2. The fourth-order valence-corrected chi connectivity index (χ4v) is 3.74. The highest BCUT2D eigenvalue weighted by Gasteiger charge is 2.23. The maximum Gasteiger partial charge on any atom is 0.307 e. The molecule has 0 saturated carbocycles. The van der Waals surface area contributed by atoms with Crippen LogP contribution >= 0.6 is 0 Å². The van der Waals surface area contributed by atoms with Crippen LogP contribution < -0.4 is 4.74 Å². The minimum Gasteiger partial charge on any atom is -0.460 e. The molecule has 168 valence electrons. The first-order valence-corrected chi connectivity index (χ1v) is 11.0. The lowest BCUT2D eigenvalue weighted by atomic mass is 10.1. The third-order valence-electron chi connectivity index (χ3n) is 5.26. The minimum absolute atomic E-state index is 0.0289. The van der Waals surface area contributed by atoms with E-state index in [1.807, 2.05) is 75.4 Å². The molecule has 4 rings (SSSR count). The van der Waals surface area contributed by atoms with Crippen LogP contribution in [0.3, 0.4) is 0 Å². The number of para-hydroxylation sites is 1. The monoisotopic (exact) mass is 434 g/mol. The highest BCUT2D eigenvalue weighted by molar-refractivity contribution is 5.79. The number of carbonyl (C=O) groups excluding carboxylic acids is 1. The molecule has 1 aromatic heterocycles. The van der Waals surface area contributed by atoms with Crippen molar-refractivity contribution in [2.75, 3.05) is 26.2 Å². The van der Waals surface area contributed by atoms with E-state index in [4.69, 9.17) is 14.2 Å². The van der Waals surface area contributed by atoms with Crippen molar-refractivity contribution in [2.45, 2.75) is 38.9 Å². The molecular formula is C26H30N2O4. The molecule has 2 aromatic carbocycles. The summed E-state index contributed by atoms with van der Waals surface area (Å²) >= 11 is 0. The third kappa shape index (κ3) is 6.05. The molecule has 0 amide bonds. The molecule has 1 saturated heterocycles. The number of rotatable bonds is 6. The van der Waals surface area contributed by atoms with Crippen molar-refractivity contribution in [3.05, 3.63) is 66.4 Å². The van der Waals surface area contributed by atoms with Gasteiger partial charge in [-0.3, -0.25) is 14.7 Å². The topological polar surface area (TPSA) is 60.9 Å². The number of pyridine rings is 1. The van der Waals surface area contributed by atoms with Crippen molar-refractivity contribution in [3.8, 4) is 11.5 Å². The Bertz CT molecular complexity index is 1060. The number of nitrogens with zero attached hydrogens (tertiary/aromatic N) is 2. The molecule has 0 aliphatic carbocycles. The van der Waals surface area contributed by atoms with Crippen molar-refractivity contribution >= 4 is 16.9 Å². The van der Waals surface area contributed by atoms with Gasteiger partial charge in [-0.1, -0.05) is 30.3 Å². The van der Waals surface area contributed by atoms with Crippen LogP contribution in [0, 0.1) is 0 Å². The smallest absolute Gasteiger partial charge is 0.307 e. The van der Waals surface area contributed by atoms with Gasteiger partial charge in [-0.05, 0) is 50.6 Å². The number of esters is 1. The van der Waals surface area contributed by atoms with Gasteiger partial charge in [0.2, 0.25) is 0 Å². The van der Waals surface area contributed by atoms with E-state index in [2.05, 4.69) is 9.88 Å². The highest BCUT2D eigenvalue weighted by Crippen LogP contribution is 2.28.